The number of halogens is 7. The topological polar surface area (TPSA) is 89.0 Å². The van der Waals surface area contributed by atoms with Crippen LogP contribution in [0.25, 0.3) is 45.1 Å². The molecule has 14 heteroatoms. The van der Waals surface area contributed by atoms with E-state index in [-0.39, 0.29) is 23.5 Å². The fraction of sp³-hybridized carbons (Fsp3) is 0.222. The van der Waals surface area contributed by atoms with Crippen molar-refractivity contribution in [3.63, 3.8) is 0 Å². The highest BCUT2D eigenvalue weighted by Gasteiger charge is 2.38. The Bertz CT molecular complexity index is 1710. The maximum atomic E-state index is 14.1. The minimum absolute atomic E-state index is 0.00701. The Morgan fingerprint density at radius 1 is 0.976 bits per heavy atom. The predicted octanol–water partition coefficient (Wildman–Crippen LogP) is 6.13. The molecule has 0 aliphatic heterocycles. The number of aliphatic hydroxyl groups excluding tert-OH is 1. The van der Waals surface area contributed by atoms with E-state index in [2.05, 4.69) is 20.5 Å². The maximum absolute atomic E-state index is 14.1. The molecule has 5 aromatic rings. The molecule has 7 nitrogen and oxygen atoms in total. The molecule has 2 N–H and O–H groups in total. The summed E-state index contributed by atoms with van der Waals surface area (Å²) in [5, 5.41) is 19.3. The SMILES string of the molecule is Cn1cnnc1-c1cc(F)ccc1-c1cccc(-c2nc3cc(CNC[C@H](O)C(F)(F)F)cc(C(F)(F)F)c3o2)c1. The molecule has 41 heavy (non-hydrogen) atoms. The zero-order chi connectivity index (χ0) is 29.5. The second-order valence-corrected chi connectivity index (χ2v) is 9.23. The fourth-order valence-electron chi connectivity index (χ4n) is 4.30. The molecule has 0 fully saturated rings. The lowest BCUT2D eigenvalue weighted by molar-refractivity contribution is -0.201. The van der Waals surface area contributed by atoms with E-state index in [4.69, 9.17) is 9.52 Å². The third kappa shape index (κ3) is 5.93. The summed E-state index contributed by atoms with van der Waals surface area (Å²) in [5.41, 5.74) is 0.0553. The molecular weight excluding hydrogens is 559 g/mol. The Kier molecular flexibility index (Phi) is 7.30. The van der Waals surface area contributed by atoms with Crippen molar-refractivity contribution in [1.29, 1.82) is 0 Å². The van der Waals surface area contributed by atoms with Gasteiger partial charge in [-0.3, -0.25) is 0 Å². The summed E-state index contributed by atoms with van der Waals surface area (Å²) in [6, 6.07) is 12.7. The van der Waals surface area contributed by atoms with Crippen molar-refractivity contribution in [3.05, 3.63) is 77.9 Å². The van der Waals surface area contributed by atoms with Gasteiger partial charge in [0.25, 0.3) is 0 Å². The molecule has 2 aromatic heterocycles. The number of rotatable bonds is 7. The molecule has 214 valence electrons. The van der Waals surface area contributed by atoms with Crippen molar-refractivity contribution in [3.8, 4) is 34.0 Å². The Morgan fingerprint density at radius 2 is 1.73 bits per heavy atom. The zero-order valence-electron chi connectivity index (χ0n) is 21.1. The second-order valence-electron chi connectivity index (χ2n) is 9.23. The average molecular weight is 579 g/mol. The van der Waals surface area contributed by atoms with Crippen molar-refractivity contribution >= 4 is 11.1 Å². The van der Waals surface area contributed by atoms with E-state index in [1.807, 2.05) is 0 Å². The molecule has 0 spiro atoms. The number of nitrogens with one attached hydrogen (secondary N) is 1. The van der Waals surface area contributed by atoms with E-state index in [0.29, 0.717) is 28.1 Å². The normalized spacial score (nSPS) is 13.2. The highest BCUT2D eigenvalue weighted by atomic mass is 19.4. The standard InChI is InChI=1S/C27H20F7N5O2/c1-39-13-36-38-24(39)19-10-17(28)5-6-18(19)15-3-2-4-16(9-15)25-37-21-8-14(11-35-12-22(40)27(32,33)34)7-20(23(21)41-25)26(29,30)31/h2-10,13,22,35,40H,11-12H2,1H3/t22-/m0/s1. The summed E-state index contributed by atoms with van der Waals surface area (Å²) in [6.45, 7) is -1.29. The number of aryl methyl sites for hydroxylation is 1. The number of benzene rings is 3. The molecule has 0 radical (unpaired) electrons. The smallest absolute Gasteiger partial charge is 0.420 e. The van der Waals surface area contributed by atoms with Crippen LogP contribution in [0.3, 0.4) is 0 Å². The van der Waals surface area contributed by atoms with E-state index in [0.717, 1.165) is 6.07 Å². The van der Waals surface area contributed by atoms with Gasteiger partial charge in [0, 0.05) is 31.3 Å². The van der Waals surface area contributed by atoms with Gasteiger partial charge in [0.15, 0.2) is 17.5 Å². The van der Waals surface area contributed by atoms with Crippen LogP contribution < -0.4 is 5.32 Å². The van der Waals surface area contributed by atoms with Crippen LogP contribution in [-0.2, 0) is 19.8 Å². The van der Waals surface area contributed by atoms with E-state index in [9.17, 15) is 30.7 Å². The fourth-order valence-corrected chi connectivity index (χ4v) is 4.30. The quantitative estimate of drug-likeness (QED) is 0.226. The zero-order valence-corrected chi connectivity index (χ0v) is 21.1. The van der Waals surface area contributed by atoms with E-state index in [1.54, 1.807) is 41.9 Å². The van der Waals surface area contributed by atoms with E-state index < -0.39 is 42.0 Å². The molecular formula is C27H20F7N5O2. The summed E-state index contributed by atoms with van der Waals surface area (Å²) in [4.78, 5) is 4.23. The first-order chi connectivity index (χ1) is 19.3. The number of nitrogens with zero attached hydrogens (tertiary/aromatic N) is 4. The lowest BCUT2D eigenvalue weighted by Crippen LogP contribution is -2.38. The first-order valence-corrected chi connectivity index (χ1v) is 12.0. The van der Waals surface area contributed by atoms with Crippen LogP contribution >= 0.6 is 0 Å². The van der Waals surface area contributed by atoms with Gasteiger partial charge in [-0.1, -0.05) is 18.2 Å². The van der Waals surface area contributed by atoms with Gasteiger partial charge in [0.05, 0.1) is 0 Å². The predicted molar refractivity (Wildman–Crippen MR) is 134 cm³/mol. The molecule has 0 bridgehead atoms. The van der Waals surface area contributed by atoms with Crippen LogP contribution in [0.5, 0.6) is 0 Å². The minimum Gasteiger partial charge on any atom is -0.435 e. The van der Waals surface area contributed by atoms with Gasteiger partial charge in [-0.15, -0.1) is 10.2 Å². The van der Waals surface area contributed by atoms with Gasteiger partial charge >= 0.3 is 12.4 Å². The van der Waals surface area contributed by atoms with Gasteiger partial charge in [-0.2, -0.15) is 26.3 Å². The molecule has 0 aliphatic carbocycles. The molecule has 0 saturated carbocycles. The summed E-state index contributed by atoms with van der Waals surface area (Å²) < 4.78 is 101. The number of oxazole rings is 1. The highest BCUT2D eigenvalue weighted by molar-refractivity contribution is 5.84. The maximum Gasteiger partial charge on any atom is 0.420 e. The van der Waals surface area contributed by atoms with Gasteiger partial charge in [0.1, 0.15) is 23.2 Å². The molecule has 0 amide bonds. The molecule has 0 unspecified atom stereocenters. The molecule has 3 aromatic carbocycles. The van der Waals surface area contributed by atoms with Gasteiger partial charge in [0.2, 0.25) is 5.89 Å². The van der Waals surface area contributed by atoms with Gasteiger partial charge in [-0.25, -0.2) is 9.37 Å². The van der Waals surface area contributed by atoms with Crippen LogP contribution in [-0.4, -0.2) is 43.7 Å². The van der Waals surface area contributed by atoms with E-state index >= 15 is 0 Å². The number of hydrogen-bond donors (Lipinski definition) is 2. The largest absolute Gasteiger partial charge is 0.435 e. The van der Waals surface area contributed by atoms with Crippen LogP contribution in [0.1, 0.15) is 11.1 Å². The molecule has 2 heterocycles. The number of aliphatic hydroxyl groups is 1. The number of alkyl halides is 6. The van der Waals surface area contributed by atoms with Crippen molar-refractivity contribution in [1.82, 2.24) is 25.1 Å². The van der Waals surface area contributed by atoms with Crippen molar-refractivity contribution in [2.75, 3.05) is 6.54 Å². The minimum atomic E-state index is -4.87. The summed E-state index contributed by atoms with van der Waals surface area (Å²) in [6.07, 6.45) is -10.9. The Balaban J connectivity index is 1.52. The van der Waals surface area contributed by atoms with Crippen LogP contribution in [0, 0.1) is 5.82 Å². The lowest BCUT2D eigenvalue weighted by Gasteiger charge is -2.15. The van der Waals surface area contributed by atoms with Crippen LogP contribution in [0.4, 0.5) is 30.7 Å². The van der Waals surface area contributed by atoms with Crippen molar-refractivity contribution < 1.29 is 40.3 Å². The number of hydrogen-bond acceptors (Lipinski definition) is 6. The van der Waals surface area contributed by atoms with Crippen LogP contribution in [0.2, 0.25) is 0 Å². The van der Waals surface area contributed by atoms with Crippen molar-refractivity contribution in [2.45, 2.75) is 25.0 Å². The Hall–Kier alpha value is -4.30. The highest BCUT2D eigenvalue weighted by Crippen LogP contribution is 2.39. The average Bonchev–Trinajstić information content (AvgIpc) is 3.53. The van der Waals surface area contributed by atoms with Gasteiger partial charge < -0.3 is 19.4 Å². The van der Waals surface area contributed by atoms with Gasteiger partial charge in [-0.05, 0) is 53.1 Å². The Labute approximate surface area is 227 Å². The summed E-state index contributed by atoms with van der Waals surface area (Å²) >= 11 is 0. The third-order valence-electron chi connectivity index (χ3n) is 6.25. The monoisotopic (exact) mass is 579 g/mol. The van der Waals surface area contributed by atoms with Crippen LogP contribution in [0.15, 0.2) is 65.3 Å². The number of fused-ring (bicyclic) bond motifs is 1. The van der Waals surface area contributed by atoms with Crippen molar-refractivity contribution in [2.24, 2.45) is 7.05 Å². The lowest BCUT2D eigenvalue weighted by atomic mass is 9.97. The molecule has 1 atom stereocenters. The third-order valence-corrected chi connectivity index (χ3v) is 6.25. The first kappa shape index (κ1) is 28.2. The first-order valence-electron chi connectivity index (χ1n) is 12.0. The second kappa shape index (κ2) is 10.6. The summed E-state index contributed by atoms with van der Waals surface area (Å²) in [7, 11) is 1.69. The molecule has 0 saturated heterocycles. The number of aromatic nitrogens is 4. The molecule has 5 rings (SSSR count). The Morgan fingerprint density at radius 3 is 2.41 bits per heavy atom. The van der Waals surface area contributed by atoms with E-state index in [1.165, 1.54) is 24.5 Å². The summed E-state index contributed by atoms with van der Waals surface area (Å²) in [5.74, 6) is -0.238. The molecule has 0 aliphatic rings.